The van der Waals surface area contributed by atoms with E-state index in [1.807, 2.05) is 7.11 Å². The highest BCUT2D eigenvalue weighted by Crippen LogP contribution is 2.38. The van der Waals surface area contributed by atoms with E-state index >= 15 is 0 Å². The summed E-state index contributed by atoms with van der Waals surface area (Å²) in [5.41, 5.74) is 0. The van der Waals surface area contributed by atoms with Gasteiger partial charge in [0.25, 0.3) is 0 Å². The molecule has 2 heteroatoms. The van der Waals surface area contributed by atoms with Crippen molar-refractivity contribution in [3.63, 3.8) is 0 Å². The van der Waals surface area contributed by atoms with Crippen molar-refractivity contribution in [1.82, 2.24) is 0 Å². The Morgan fingerprint density at radius 1 is 1.19 bits per heavy atom. The van der Waals surface area contributed by atoms with Crippen molar-refractivity contribution in [2.75, 3.05) is 14.2 Å². The van der Waals surface area contributed by atoms with Gasteiger partial charge in [-0.3, -0.25) is 0 Å². The van der Waals surface area contributed by atoms with Crippen molar-refractivity contribution in [3.8, 4) is 0 Å². The third kappa shape index (κ3) is 2.32. The molecule has 2 aliphatic carbocycles. The van der Waals surface area contributed by atoms with Gasteiger partial charge < -0.3 is 9.47 Å². The molecule has 0 N–H and O–H groups in total. The minimum atomic E-state index is 0.327. The minimum Gasteiger partial charge on any atom is -0.501 e. The van der Waals surface area contributed by atoms with E-state index in [0.717, 1.165) is 18.6 Å². The summed E-state index contributed by atoms with van der Waals surface area (Å²) in [6, 6.07) is 0. The van der Waals surface area contributed by atoms with Crippen molar-refractivity contribution in [3.05, 3.63) is 24.0 Å². The molecule has 2 aliphatic rings. The van der Waals surface area contributed by atoms with Crippen molar-refractivity contribution in [2.24, 2.45) is 11.8 Å². The molecule has 2 unspecified atom stereocenters. The van der Waals surface area contributed by atoms with Crippen LogP contribution in [0, 0.1) is 11.8 Å². The fraction of sp³-hybridized carbons (Fsp3) is 0.714. The van der Waals surface area contributed by atoms with Crippen LogP contribution in [0.1, 0.15) is 32.1 Å². The SMILES string of the molecule is COC1=CCCC(OC)C1[C@@H]1C=CCCC1. The molecular weight excluding hydrogens is 200 g/mol. The Labute approximate surface area is 98.3 Å². The number of ether oxygens (including phenoxy) is 2. The van der Waals surface area contributed by atoms with Gasteiger partial charge in [-0.25, -0.2) is 0 Å². The molecule has 0 aliphatic heterocycles. The zero-order valence-electron chi connectivity index (χ0n) is 10.3. The molecule has 0 aromatic carbocycles. The van der Waals surface area contributed by atoms with Gasteiger partial charge in [-0.05, 0) is 44.1 Å². The van der Waals surface area contributed by atoms with Crippen LogP contribution in [0.5, 0.6) is 0 Å². The second kappa shape index (κ2) is 5.53. The second-order valence-electron chi connectivity index (χ2n) is 4.71. The van der Waals surface area contributed by atoms with E-state index in [1.54, 1.807) is 7.11 Å². The third-order valence-electron chi connectivity index (χ3n) is 3.82. The number of allylic oxidation sites excluding steroid dienone is 3. The Balaban J connectivity index is 2.17. The number of methoxy groups -OCH3 is 2. The van der Waals surface area contributed by atoms with Crippen LogP contribution in [-0.2, 0) is 9.47 Å². The van der Waals surface area contributed by atoms with Crippen molar-refractivity contribution < 1.29 is 9.47 Å². The van der Waals surface area contributed by atoms with Gasteiger partial charge in [0.15, 0.2) is 0 Å². The minimum absolute atomic E-state index is 0.327. The summed E-state index contributed by atoms with van der Waals surface area (Å²) < 4.78 is 11.2. The lowest BCUT2D eigenvalue weighted by Gasteiger charge is -2.36. The molecule has 0 radical (unpaired) electrons. The van der Waals surface area contributed by atoms with Gasteiger partial charge in [-0.1, -0.05) is 12.2 Å². The molecule has 0 spiro atoms. The molecule has 2 nitrogen and oxygen atoms in total. The predicted molar refractivity (Wildman–Crippen MR) is 65.1 cm³/mol. The van der Waals surface area contributed by atoms with E-state index in [-0.39, 0.29) is 0 Å². The quantitative estimate of drug-likeness (QED) is 0.682. The first-order valence-electron chi connectivity index (χ1n) is 6.30. The van der Waals surface area contributed by atoms with Crippen LogP contribution in [0.4, 0.5) is 0 Å². The van der Waals surface area contributed by atoms with E-state index in [2.05, 4.69) is 18.2 Å². The summed E-state index contributed by atoms with van der Waals surface area (Å²) in [4.78, 5) is 0. The Bertz CT molecular complexity index is 280. The third-order valence-corrected chi connectivity index (χ3v) is 3.82. The molecule has 90 valence electrons. The average Bonchev–Trinajstić information content (AvgIpc) is 2.38. The van der Waals surface area contributed by atoms with Gasteiger partial charge >= 0.3 is 0 Å². The van der Waals surface area contributed by atoms with Gasteiger partial charge in [0.1, 0.15) is 0 Å². The lowest BCUT2D eigenvalue weighted by Crippen LogP contribution is -2.34. The average molecular weight is 222 g/mol. The number of hydrogen-bond donors (Lipinski definition) is 0. The van der Waals surface area contributed by atoms with Crippen LogP contribution < -0.4 is 0 Å². The first-order chi connectivity index (χ1) is 7.86. The van der Waals surface area contributed by atoms with E-state index in [9.17, 15) is 0 Å². The number of rotatable bonds is 3. The standard InChI is InChI=1S/C14H22O2/c1-15-12-9-6-10-13(16-2)14(12)11-7-4-3-5-8-11/h4,7,9,11,13-14H,3,5-6,8,10H2,1-2H3/t11-,13?,14?/m1/s1. The zero-order valence-corrected chi connectivity index (χ0v) is 10.3. The lowest BCUT2D eigenvalue weighted by atomic mass is 9.76. The number of hydrogen-bond acceptors (Lipinski definition) is 2. The van der Waals surface area contributed by atoms with Crippen LogP contribution in [0.2, 0.25) is 0 Å². The van der Waals surface area contributed by atoms with Gasteiger partial charge in [-0.2, -0.15) is 0 Å². The molecular formula is C14H22O2. The summed E-state index contributed by atoms with van der Waals surface area (Å²) >= 11 is 0. The van der Waals surface area contributed by atoms with E-state index in [1.165, 1.54) is 19.3 Å². The first-order valence-corrected chi connectivity index (χ1v) is 6.30. The van der Waals surface area contributed by atoms with Gasteiger partial charge in [0.2, 0.25) is 0 Å². The second-order valence-corrected chi connectivity index (χ2v) is 4.71. The maximum Gasteiger partial charge on any atom is 0.0978 e. The topological polar surface area (TPSA) is 18.5 Å². The molecule has 0 heterocycles. The summed E-state index contributed by atoms with van der Waals surface area (Å²) in [5, 5.41) is 0. The Hall–Kier alpha value is -0.760. The normalized spacial score (nSPS) is 34.6. The van der Waals surface area contributed by atoms with Crippen LogP contribution >= 0.6 is 0 Å². The van der Waals surface area contributed by atoms with Gasteiger partial charge in [0.05, 0.1) is 19.0 Å². The maximum atomic E-state index is 5.63. The van der Waals surface area contributed by atoms with E-state index in [4.69, 9.17) is 9.47 Å². The van der Waals surface area contributed by atoms with Crippen molar-refractivity contribution in [1.29, 1.82) is 0 Å². The fourth-order valence-electron chi connectivity index (χ4n) is 3.00. The van der Waals surface area contributed by atoms with E-state index < -0.39 is 0 Å². The molecule has 3 atom stereocenters. The summed E-state index contributed by atoms with van der Waals surface area (Å²) in [6.45, 7) is 0. The zero-order chi connectivity index (χ0) is 11.4. The first kappa shape index (κ1) is 11.7. The fourth-order valence-corrected chi connectivity index (χ4v) is 3.00. The smallest absolute Gasteiger partial charge is 0.0978 e. The highest BCUT2D eigenvalue weighted by atomic mass is 16.5. The van der Waals surface area contributed by atoms with Crippen molar-refractivity contribution >= 4 is 0 Å². The summed E-state index contributed by atoms with van der Waals surface area (Å²) in [5.74, 6) is 2.17. The summed E-state index contributed by atoms with van der Waals surface area (Å²) in [7, 11) is 3.60. The highest BCUT2D eigenvalue weighted by Gasteiger charge is 2.34. The van der Waals surface area contributed by atoms with Crippen LogP contribution in [-0.4, -0.2) is 20.3 Å². The molecule has 2 rings (SSSR count). The molecule has 0 amide bonds. The van der Waals surface area contributed by atoms with Crippen molar-refractivity contribution in [2.45, 2.75) is 38.2 Å². The predicted octanol–water partition coefficient (Wildman–Crippen LogP) is 3.30. The van der Waals surface area contributed by atoms with E-state index in [0.29, 0.717) is 17.9 Å². The summed E-state index contributed by atoms with van der Waals surface area (Å²) in [6.07, 6.45) is 13.2. The van der Waals surface area contributed by atoms with Crippen LogP contribution in [0.15, 0.2) is 24.0 Å². The Morgan fingerprint density at radius 2 is 2.06 bits per heavy atom. The monoisotopic (exact) mass is 222 g/mol. The van der Waals surface area contributed by atoms with Crippen LogP contribution in [0.3, 0.4) is 0 Å². The molecule has 0 fully saturated rings. The molecule has 0 saturated heterocycles. The Kier molecular flexibility index (Phi) is 4.05. The molecule has 0 aromatic rings. The molecule has 0 saturated carbocycles. The highest BCUT2D eigenvalue weighted by molar-refractivity contribution is 5.12. The molecule has 0 aromatic heterocycles. The molecule has 0 bridgehead atoms. The van der Waals surface area contributed by atoms with Crippen LogP contribution in [0.25, 0.3) is 0 Å². The lowest BCUT2D eigenvalue weighted by molar-refractivity contribution is 0.0124. The Morgan fingerprint density at radius 3 is 2.69 bits per heavy atom. The molecule has 16 heavy (non-hydrogen) atoms. The maximum absolute atomic E-state index is 5.63. The van der Waals surface area contributed by atoms with Gasteiger partial charge in [0, 0.05) is 13.0 Å². The largest absolute Gasteiger partial charge is 0.501 e. The van der Waals surface area contributed by atoms with Gasteiger partial charge in [-0.15, -0.1) is 0 Å².